The van der Waals surface area contributed by atoms with Crippen LogP contribution < -0.4 is 5.32 Å². The van der Waals surface area contributed by atoms with Crippen molar-refractivity contribution < 1.29 is 9.53 Å². The van der Waals surface area contributed by atoms with Crippen LogP contribution in [-0.2, 0) is 22.6 Å². The Morgan fingerprint density at radius 2 is 2.12 bits per heavy atom. The quantitative estimate of drug-likeness (QED) is 0.740. The van der Waals surface area contributed by atoms with Gasteiger partial charge in [-0.15, -0.1) is 35.0 Å². The zero-order chi connectivity index (χ0) is 16.3. The molecule has 0 bridgehead atoms. The maximum Gasteiger partial charge on any atom is 0.312 e. The van der Waals surface area contributed by atoms with Crippen molar-refractivity contribution in [2.75, 3.05) is 26.7 Å². The molecular formula is C16H29Cl2N5O2. The van der Waals surface area contributed by atoms with Crippen molar-refractivity contribution in [3.8, 4) is 0 Å². The summed E-state index contributed by atoms with van der Waals surface area (Å²) in [6.07, 6.45) is 5.48. The lowest BCUT2D eigenvalue weighted by Gasteiger charge is -2.29. The highest BCUT2D eigenvalue weighted by Crippen LogP contribution is 2.41. The molecule has 1 aromatic rings. The van der Waals surface area contributed by atoms with Gasteiger partial charge in [0.15, 0.2) is 0 Å². The van der Waals surface area contributed by atoms with Crippen LogP contribution in [0.5, 0.6) is 0 Å². The van der Waals surface area contributed by atoms with Gasteiger partial charge in [-0.3, -0.25) is 9.69 Å². The number of likely N-dealkylation sites (N-methyl/N-ethyl adjacent to an activating group) is 1. The molecule has 1 unspecified atom stereocenters. The number of piperidine rings is 1. The molecule has 3 rings (SSSR count). The van der Waals surface area contributed by atoms with Gasteiger partial charge in [0.1, 0.15) is 18.3 Å². The summed E-state index contributed by atoms with van der Waals surface area (Å²) in [4.78, 5) is 14.5. The lowest BCUT2D eigenvalue weighted by molar-refractivity contribution is -0.150. The normalized spacial score (nSPS) is 21.7. The molecule has 1 aromatic heterocycles. The van der Waals surface area contributed by atoms with E-state index in [1.807, 2.05) is 7.05 Å². The number of nitrogens with one attached hydrogen (secondary N) is 1. The zero-order valence-electron chi connectivity index (χ0n) is 14.9. The summed E-state index contributed by atoms with van der Waals surface area (Å²) in [5.41, 5.74) is -0.237. The molecule has 3 heterocycles. The van der Waals surface area contributed by atoms with E-state index in [2.05, 4.69) is 31.9 Å². The molecule has 7 nitrogen and oxygen atoms in total. The fourth-order valence-electron chi connectivity index (χ4n) is 3.74. The molecule has 0 radical (unpaired) electrons. The summed E-state index contributed by atoms with van der Waals surface area (Å²) < 4.78 is 7.76. The molecule has 9 heteroatoms. The van der Waals surface area contributed by atoms with E-state index in [9.17, 15) is 4.79 Å². The van der Waals surface area contributed by atoms with E-state index < -0.39 is 0 Å². The Hall–Kier alpha value is -0.890. The molecule has 0 saturated carbocycles. The fraction of sp³-hybridized carbons (Fsp3) is 0.812. The molecular weight excluding hydrogens is 365 g/mol. The van der Waals surface area contributed by atoms with Gasteiger partial charge in [-0.2, -0.15) is 0 Å². The van der Waals surface area contributed by atoms with E-state index in [4.69, 9.17) is 4.74 Å². The molecule has 2 saturated heterocycles. The van der Waals surface area contributed by atoms with Crippen molar-refractivity contribution in [1.82, 2.24) is 25.0 Å². The standard InChI is InChI=1S/C16H27N5O2.2ClH/c1-3-8-21-12-18-19-14(21)11-20(2)10-13-9-16(15(22)23-13)4-6-17-7-5-16;;/h12-13,17H,3-11H2,1-2H3;2*1H. The van der Waals surface area contributed by atoms with E-state index in [1.54, 1.807) is 6.33 Å². The Kier molecular flexibility index (Phi) is 8.60. The number of carbonyl (C=O) groups is 1. The van der Waals surface area contributed by atoms with Crippen LogP contribution in [0.25, 0.3) is 0 Å². The van der Waals surface area contributed by atoms with Gasteiger partial charge in [-0.1, -0.05) is 6.92 Å². The molecule has 0 aliphatic carbocycles. The van der Waals surface area contributed by atoms with Crippen LogP contribution in [0.2, 0.25) is 0 Å². The lowest BCUT2D eigenvalue weighted by Crippen LogP contribution is -2.39. The van der Waals surface area contributed by atoms with Crippen molar-refractivity contribution >= 4 is 30.8 Å². The minimum absolute atomic E-state index is 0. The molecule has 1 N–H and O–H groups in total. The number of rotatable bonds is 6. The van der Waals surface area contributed by atoms with Gasteiger partial charge in [0, 0.05) is 19.5 Å². The first-order valence-corrected chi connectivity index (χ1v) is 8.60. The Balaban J connectivity index is 0.00000156. The first kappa shape index (κ1) is 22.2. The number of aromatic nitrogens is 3. The van der Waals surface area contributed by atoms with E-state index in [-0.39, 0.29) is 42.3 Å². The largest absolute Gasteiger partial charge is 0.461 e. The molecule has 2 aliphatic rings. The first-order chi connectivity index (χ1) is 11.1. The van der Waals surface area contributed by atoms with Crippen molar-refractivity contribution in [1.29, 1.82) is 0 Å². The number of halogens is 2. The molecule has 0 amide bonds. The molecule has 25 heavy (non-hydrogen) atoms. The van der Waals surface area contributed by atoms with E-state index in [1.165, 1.54) is 0 Å². The number of cyclic esters (lactones) is 1. The second-order valence-corrected chi connectivity index (χ2v) is 6.90. The lowest BCUT2D eigenvalue weighted by atomic mass is 9.76. The molecule has 144 valence electrons. The van der Waals surface area contributed by atoms with Gasteiger partial charge in [0.05, 0.1) is 12.0 Å². The van der Waals surface area contributed by atoms with Crippen LogP contribution in [0, 0.1) is 5.41 Å². The topological polar surface area (TPSA) is 72.3 Å². The number of hydrogen-bond acceptors (Lipinski definition) is 6. The number of carbonyl (C=O) groups excluding carboxylic acids is 1. The Bertz CT molecular complexity index is 548. The van der Waals surface area contributed by atoms with Crippen molar-refractivity contribution in [2.45, 2.75) is 51.8 Å². The highest BCUT2D eigenvalue weighted by Gasteiger charge is 2.49. The molecule has 1 spiro atoms. The number of ether oxygens (including phenoxy) is 1. The van der Waals surface area contributed by atoms with Gasteiger partial charge in [-0.05, 0) is 39.4 Å². The minimum atomic E-state index is -0.237. The number of hydrogen-bond donors (Lipinski definition) is 1. The van der Waals surface area contributed by atoms with E-state index >= 15 is 0 Å². The number of aryl methyl sites for hydroxylation is 1. The zero-order valence-corrected chi connectivity index (χ0v) is 16.6. The van der Waals surface area contributed by atoms with Gasteiger partial charge in [0.2, 0.25) is 0 Å². The van der Waals surface area contributed by atoms with Crippen LogP contribution in [0.3, 0.4) is 0 Å². The van der Waals surface area contributed by atoms with E-state index in [0.29, 0.717) is 0 Å². The van der Waals surface area contributed by atoms with Crippen LogP contribution in [0.1, 0.15) is 38.4 Å². The fourth-order valence-corrected chi connectivity index (χ4v) is 3.74. The number of nitrogens with zero attached hydrogens (tertiary/aromatic N) is 4. The highest BCUT2D eigenvalue weighted by molar-refractivity contribution is 5.85. The smallest absolute Gasteiger partial charge is 0.312 e. The Labute approximate surface area is 161 Å². The van der Waals surface area contributed by atoms with Crippen molar-refractivity contribution in [3.63, 3.8) is 0 Å². The summed E-state index contributed by atoms with van der Waals surface area (Å²) in [6.45, 7) is 6.38. The van der Waals surface area contributed by atoms with Crippen LogP contribution in [0.15, 0.2) is 6.33 Å². The van der Waals surface area contributed by atoms with Gasteiger partial charge < -0.3 is 14.6 Å². The van der Waals surface area contributed by atoms with Crippen molar-refractivity contribution in [3.05, 3.63) is 12.2 Å². The van der Waals surface area contributed by atoms with Crippen LogP contribution >= 0.6 is 24.8 Å². The number of esters is 1. The van der Waals surface area contributed by atoms with E-state index in [0.717, 1.165) is 64.2 Å². The molecule has 2 aliphatic heterocycles. The van der Waals surface area contributed by atoms with Crippen LogP contribution in [0.4, 0.5) is 0 Å². The van der Waals surface area contributed by atoms with Gasteiger partial charge in [0.25, 0.3) is 0 Å². The van der Waals surface area contributed by atoms with Crippen molar-refractivity contribution in [2.24, 2.45) is 5.41 Å². The minimum Gasteiger partial charge on any atom is -0.461 e. The van der Waals surface area contributed by atoms with Crippen LogP contribution in [-0.4, -0.2) is 58.4 Å². The monoisotopic (exact) mass is 393 g/mol. The maximum atomic E-state index is 12.3. The molecule has 0 aromatic carbocycles. The molecule has 2 fully saturated rings. The summed E-state index contributed by atoms with van der Waals surface area (Å²) >= 11 is 0. The highest BCUT2D eigenvalue weighted by atomic mass is 35.5. The third kappa shape index (κ3) is 5.06. The summed E-state index contributed by atoms with van der Waals surface area (Å²) in [5, 5.41) is 11.5. The molecule has 1 atom stereocenters. The third-order valence-electron chi connectivity index (χ3n) is 4.97. The first-order valence-electron chi connectivity index (χ1n) is 8.60. The second-order valence-electron chi connectivity index (χ2n) is 6.90. The Morgan fingerprint density at radius 1 is 1.40 bits per heavy atom. The second kappa shape index (κ2) is 9.71. The predicted octanol–water partition coefficient (Wildman–Crippen LogP) is 1.65. The summed E-state index contributed by atoms with van der Waals surface area (Å²) in [5.74, 6) is 0.974. The Morgan fingerprint density at radius 3 is 2.80 bits per heavy atom. The van der Waals surface area contributed by atoms with Gasteiger partial charge in [-0.25, -0.2) is 0 Å². The SMILES string of the molecule is CCCn1cnnc1CN(C)CC1CC2(CCNCC2)C(=O)O1.Cl.Cl. The third-order valence-corrected chi connectivity index (χ3v) is 4.97. The van der Waals surface area contributed by atoms with Gasteiger partial charge >= 0.3 is 5.97 Å². The predicted molar refractivity (Wildman–Crippen MR) is 100 cm³/mol. The summed E-state index contributed by atoms with van der Waals surface area (Å²) in [7, 11) is 2.05. The average Bonchev–Trinajstić information content (AvgIpc) is 3.06. The maximum absolute atomic E-state index is 12.3. The summed E-state index contributed by atoms with van der Waals surface area (Å²) in [6, 6.07) is 0. The average molecular weight is 394 g/mol.